The Balaban J connectivity index is 5.04. The largest absolute Gasteiger partial charge is 0.386 e. The van der Waals surface area contributed by atoms with E-state index in [0.717, 1.165) is 51.4 Å². The van der Waals surface area contributed by atoms with Crippen molar-refractivity contribution in [2.24, 2.45) is 0 Å². The molecule has 3 N–H and O–H groups in total. The van der Waals surface area contributed by atoms with Gasteiger partial charge in [0.2, 0.25) is 11.4 Å². The molecule has 0 saturated heterocycles. The van der Waals surface area contributed by atoms with Gasteiger partial charge in [0.05, 0.1) is 21.1 Å². The molecule has 7 nitrogen and oxygen atoms in total. The van der Waals surface area contributed by atoms with Crippen LogP contribution in [0.4, 0.5) is 0 Å². The summed E-state index contributed by atoms with van der Waals surface area (Å²) in [5, 5.41) is 11.5. The molecule has 0 heterocycles. The van der Waals surface area contributed by atoms with Crippen LogP contribution in [0.5, 0.6) is 0 Å². The van der Waals surface area contributed by atoms with Crippen LogP contribution in [0.3, 0.4) is 0 Å². The Morgan fingerprint density at radius 3 is 1.14 bits per heavy atom. The van der Waals surface area contributed by atoms with Crippen molar-refractivity contribution in [3.05, 3.63) is 0 Å². The second-order valence-corrected chi connectivity index (χ2v) is 13.5. The molecule has 0 aliphatic carbocycles. The van der Waals surface area contributed by atoms with E-state index in [2.05, 4.69) is 13.8 Å². The number of likely N-dealkylation sites (N-methyl/N-ethyl adjacent to an activating group) is 1. The number of hydrogen-bond acceptors (Lipinski definition) is 4. The van der Waals surface area contributed by atoms with Gasteiger partial charge in [-0.3, -0.25) is 14.2 Å². The summed E-state index contributed by atoms with van der Waals surface area (Å²) in [5.41, 5.74) is -2.68. The van der Waals surface area contributed by atoms with E-state index in [1.165, 1.54) is 72.5 Å². The molecular formula is C29H59NO6P+. The van der Waals surface area contributed by atoms with Gasteiger partial charge in [0.25, 0.3) is 0 Å². The first-order chi connectivity index (χ1) is 17.3. The van der Waals surface area contributed by atoms with E-state index in [-0.39, 0.29) is 17.3 Å². The predicted molar refractivity (Wildman–Crippen MR) is 153 cm³/mol. The minimum Gasteiger partial charge on any atom is -0.370 e. The molecule has 1 atom stereocenters. The Morgan fingerprint density at radius 1 is 0.622 bits per heavy atom. The topological polar surface area (TPSA) is 112 Å². The van der Waals surface area contributed by atoms with Gasteiger partial charge in [0.1, 0.15) is 0 Å². The van der Waals surface area contributed by atoms with Gasteiger partial charge in [0, 0.05) is 12.8 Å². The van der Waals surface area contributed by atoms with E-state index >= 15 is 0 Å². The lowest BCUT2D eigenvalue weighted by Gasteiger charge is -2.42. The fraction of sp³-hybridized carbons (Fsp3) is 0.931. The van der Waals surface area contributed by atoms with Gasteiger partial charge in [-0.05, 0) is 12.8 Å². The highest BCUT2D eigenvalue weighted by atomic mass is 31.2. The summed E-state index contributed by atoms with van der Waals surface area (Å²) >= 11 is 0. The van der Waals surface area contributed by atoms with Crippen molar-refractivity contribution in [1.82, 2.24) is 0 Å². The monoisotopic (exact) mass is 548 g/mol. The highest BCUT2D eigenvalue weighted by molar-refractivity contribution is 7.52. The maximum Gasteiger partial charge on any atom is 0.386 e. The molecular weight excluding hydrogens is 489 g/mol. The van der Waals surface area contributed by atoms with Crippen molar-refractivity contribution in [3.63, 3.8) is 0 Å². The van der Waals surface area contributed by atoms with Gasteiger partial charge >= 0.3 is 7.60 Å². The maximum absolute atomic E-state index is 13.3. The van der Waals surface area contributed by atoms with Crippen LogP contribution in [-0.4, -0.2) is 63.5 Å². The Labute approximate surface area is 227 Å². The van der Waals surface area contributed by atoms with Crippen LogP contribution in [0.1, 0.15) is 142 Å². The lowest BCUT2D eigenvalue weighted by atomic mass is 9.85. The SMILES string of the molecule is CCCCCCCCCCCC(=O)C(O)(C(=O)CCCCCCCCCCC)C([N+](C)(C)C)P(=O)(O)O. The summed E-state index contributed by atoms with van der Waals surface area (Å²) in [6.45, 7) is 4.38. The van der Waals surface area contributed by atoms with Crippen molar-refractivity contribution >= 4 is 19.2 Å². The smallest absolute Gasteiger partial charge is 0.370 e. The average molecular weight is 549 g/mol. The molecule has 0 saturated carbocycles. The van der Waals surface area contributed by atoms with Crippen molar-refractivity contribution in [2.75, 3.05) is 21.1 Å². The second-order valence-electron chi connectivity index (χ2n) is 11.8. The molecule has 0 bridgehead atoms. The average Bonchev–Trinajstić information content (AvgIpc) is 2.79. The summed E-state index contributed by atoms with van der Waals surface area (Å²) in [6, 6.07) is 0. The number of quaternary nitrogens is 1. The van der Waals surface area contributed by atoms with Crippen molar-refractivity contribution in [2.45, 2.75) is 154 Å². The highest BCUT2D eigenvalue weighted by Gasteiger charge is 2.62. The molecule has 1 unspecified atom stereocenters. The Hall–Kier alpha value is -0.590. The molecule has 0 spiro atoms. The zero-order valence-electron chi connectivity index (χ0n) is 24.7. The highest BCUT2D eigenvalue weighted by Crippen LogP contribution is 2.50. The molecule has 0 aromatic carbocycles. The first-order valence-electron chi connectivity index (χ1n) is 15.0. The quantitative estimate of drug-likeness (QED) is 0.0495. The Morgan fingerprint density at radius 2 is 0.892 bits per heavy atom. The molecule has 0 amide bonds. The lowest BCUT2D eigenvalue weighted by Crippen LogP contribution is -2.65. The standard InChI is InChI=1S/C29H58NO6P/c1-6-8-10-12-14-16-18-20-22-24-26(31)29(33,28(30(3,4)5)37(34,35)36)27(32)25-23-21-19-17-15-13-11-9-7-2/h28,33H,6-25H2,1-5H3,(H-,34,35,36)/p+1. The maximum atomic E-state index is 13.3. The number of unbranched alkanes of at least 4 members (excludes halogenated alkanes) is 16. The summed E-state index contributed by atoms with van der Waals surface area (Å²) in [6.07, 6.45) is 18.8. The number of Topliss-reactive ketones (excluding diaryl/α,β-unsaturated/α-hetero) is 2. The predicted octanol–water partition coefficient (Wildman–Crippen LogP) is 6.91. The van der Waals surface area contributed by atoms with E-state index in [1.807, 2.05) is 0 Å². The summed E-state index contributed by atoms with van der Waals surface area (Å²) in [4.78, 5) is 46.8. The third kappa shape index (κ3) is 15.0. The van der Waals surface area contributed by atoms with Crippen LogP contribution in [-0.2, 0) is 14.2 Å². The molecule has 8 heteroatoms. The van der Waals surface area contributed by atoms with Crippen molar-refractivity contribution in [1.29, 1.82) is 0 Å². The van der Waals surface area contributed by atoms with Crippen LogP contribution in [0.2, 0.25) is 0 Å². The number of rotatable bonds is 25. The third-order valence-corrected chi connectivity index (χ3v) is 8.99. The number of ketones is 2. The van der Waals surface area contributed by atoms with E-state index < -0.39 is 30.5 Å². The molecule has 0 aromatic heterocycles. The Kier molecular flexibility index (Phi) is 19.2. The number of carbonyl (C=O) groups is 2. The fourth-order valence-corrected chi connectivity index (χ4v) is 6.95. The number of carbonyl (C=O) groups excluding carboxylic acids is 2. The molecule has 0 aliphatic rings. The third-order valence-electron chi connectivity index (χ3n) is 7.29. The number of aliphatic hydroxyl groups is 1. The molecule has 0 aliphatic heterocycles. The zero-order valence-corrected chi connectivity index (χ0v) is 25.6. The molecule has 220 valence electrons. The molecule has 37 heavy (non-hydrogen) atoms. The van der Waals surface area contributed by atoms with Crippen LogP contribution in [0, 0.1) is 0 Å². The van der Waals surface area contributed by atoms with Crippen LogP contribution < -0.4 is 0 Å². The summed E-state index contributed by atoms with van der Waals surface area (Å²) in [7, 11) is -0.454. The van der Waals surface area contributed by atoms with Gasteiger partial charge in [-0.1, -0.05) is 117 Å². The molecule has 0 aromatic rings. The number of nitrogens with zero attached hydrogens (tertiary/aromatic N) is 1. The minimum atomic E-state index is -4.97. The molecule has 0 rings (SSSR count). The summed E-state index contributed by atoms with van der Waals surface area (Å²) < 4.78 is 12.1. The number of hydrogen-bond donors (Lipinski definition) is 3. The first-order valence-corrected chi connectivity index (χ1v) is 16.7. The molecule has 0 radical (unpaired) electrons. The normalized spacial score (nSPS) is 13.6. The van der Waals surface area contributed by atoms with Gasteiger partial charge in [-0.2, -0.15) is 0 Å². The van der Waals surface area contributed by atoms with Gasteiger partial charge in [0.15, 0.2) is 11.6 Å². The van der Waals surface area contributed by atoms with Crippen LogP contribution in [0.15, 0.2) is 0 Å². The van der Waals surface area contributed by atoms with E-state index in [4.69, 9.17) is 0 Å². The summed E-state index contributed by atoms with van der Waals surface area (Å²) in [5.74, 6) is -3.33. The van der Waals surface area contributed by atoms with Gasteiger partial charge < -0.3 is 19.4 Å². The zero-order chi connectivity index (χ0) is 28.4. The Bertz CT molecular complexity index is 636. The van der Waals surface area contributed by atoms with Crippen LogP contribution in [0.25, 0.3) is 0 Å². The van der Waals surface area contributed by atoms with Crippen molar-refractivity contribution in [3.8, 4) is 0 Å². The second kappa shape index (κ2) is 19.5. The van der Waals surface area contributed by atoms with E-state index in [0.29, 0.717) is 12.8 Å². The molecule has 0 fully saturated rings. The van der Waals surface area contributed by atoms with Crippen molar-refractivity contribution < 1.29 is 33.5 Å². The van der Waals surface area contributed by atoms with Crippen LogP contribution >= 0.6 is 7.60 Å². The van der Waals surface area contributed by atoms with E-state index in [9.17, 15) is 29.0 Å². The fourth-order valence-electron chi connectivity index (χ4n) is 5.27. The minimum absolute atomic E-state index is 0.0493. The van der Waals surface area contributed by atoms with E-state index in [1.54, 1.807) is 0 Å². The van der Waals surface area contributed by atoms with Gasteiger partial charge in [-0.25, -0.2) is 0 Å². The first kappa shape index (κ1) is 36.4. The lowest BCUT2D eigenvalue weighted by molar-refractivity contribution is -0.887. The van der Waals surface area contributed by atoms with Gasteiger partial charge in [-0.15, -0.1) is 0 Å².